The molecule has 0 aliphatic carbocycles. The molecule has 6 aromatic rings. The maximum absolute atomic E-state index is 13.0. The largest absolute Gasteiger partial charge is 0.731 e. The summed E-state index contributed by atoms with van der Waals surface area (Å²) in [7, 11) is -16.6. The summed E-state index contributed by atoms with van der Waals surface area (Å²) < 4.78 is 113. The fourth-order valence-corrected chi connectivity index (χ4v) is 16.5. The number of aromatic nitrogens is 6. The van der Waals surface area contributed by atoms with Crippen molar-refractivity contribution < 1.29 is 145 Å². The Morgan fingerprint density at radius 2 is 0.823 bits per heavy atom. The Morgan fingerprint density at radius 1 is 0.516 bits per heavy atom. The van der Waals surface area contributed by atoms with Crippen LogP contribution in [0.3, 0.4) is 0 Å². The number of aliphatic carboxylic acids is 2. The molecule has 6 aromatic heterocycles. The molecule has 0 aromatic carbocycles. The Hall–Kier alpha value is -12.1. The second-order valence-electron chi connectivity index (χ2n) is 27.8. The molecule has 14 N–H and O–H groups in total. The molecule has 10 rings (SSSR count). The van der Waals surface area contributed by atoms with Crippen LogP contribution in [0.1, 0.15) is 130 Å². The van der Waals surface area contributed by atoms with Crippen molar-refractivity contribution in [3.63, 3.8) is 0 Å². The summed E-state index contributed by atoms with van der Waals surface area (Å²) in [5.41, 5.74) is 15.8. The Bertz CT molecular complexity index is 5890. The van der Waals surface area contributed by atoms with Crippen LogP contribution in [0.25, 0.3) is 0 Å². The lowest BCUT2D eigenvalue weighted by atomic mass is 9.74. The number of hydrogen-bond acceptors (Lipinski definition) is 47. The lowest BCUT2D eigenvalue weighted by Crippen LogP contribution is -2.68. The van der Waals surface area contributed by atoms with E-state index in [1.165, 1.54) is 76.9 Å². The predicted octanol–water partition coefficient (Wildman–Crippen LogP) is -0.180. The fraction of sp³-hybridized carbons (Fsp3) is 0.446. The minimum Gasteiger partial charge on any atom is -0.731 e. The molecule has 124 heavy (non-hydrogen) atoms. The normalized spacial score (nSPS) is 18.8. The second kappa shape index (κ2) is 40.0. The van der Waals surface area contributed by atoms with Gasteiger partial charge < -0.3 is 77.7 Å². The maximum atomic E-state index is 13.0. The summed E-state index contributed by atoms with van der Waals surface area (Å²) in [5.74, 6) is -13.4. The van der Waals surface area contributed by atoms with Gasteiger partial charge in [-0.3, -0.25) is 47.9 Å². The van der Waals surface area contributed by atoms with Gasteiger partial charge in [-0.05, 0) is 55.4 Å². The number of nitrogens with two attached hydrogens (primary N) is 4. The van der Waals surface area contributed by atoms with E-state index < -0.39 is 200 Å². The lowest BCUT2D eigenvalue weighted by Gasteiger charge is -2.51. The first-order valence-corrected chi connectivity index (χ1v) is 44.4. The molecule has 0 bridgehead atoms. The summed E-state index contributed by atoms with van der Waals surface area (Å²) in [6, 6.07) is 0.0980. The van der Waals surface area contributed by atoms with Gasteiger partial charge in [0.25, 0.3) is 32.1 Å². The Balaban J connectivity index is 0.000000293. The minimum absolute atomic E-state index is 0. The van der Waals surface area contributed by atoms with E-state index >= 15 is 0 Å². The van der Waals surface area contributed by atoms with Gasteiger partial charge in [0, 0.05) is 59.3 Å². The van der Waals surface area contributed by atoms with Gasteiger partial charge in [-0.2, -0.15) is 36.4 Å². The van der Waals surface area contributed by atoms with Crippen molar-refractivity contribution in [1.29, 1.82) is 0 Å². The molecule has 4 aliphatic heterocycles. The van der Waals surface area contributed by atoms with Gasteiger partial charge in [0.2, 0.25) is 44.9 Å². The van der Waals surface area contributed by atoms with Gasteiger partial charge >= 0.3 is 11.9 Å². The fourth-order valence-electron chi connectivity index (χ4n) is 11.1. The Morgan fingerprint density at radius 3 is 1.09 bits per heavy atom. The van der Waals surface area contributed by atoms with E-state index in [2.05, 4.69) is 49.7 Å². The average molecular weight is 1900 g/mol. The lowest BCUT2D eigenvalue weighted by molar-refractivity contribution is -0.226. The van der Waals surface area contributed by atoms with E-state index in [0.717, 1.165) is 88.6 Å². The van der Waals surface area contributed by atoms with Gasteiger partial charge in [0.15, 0.2) is 102 Å². The second-order valence-corrected chi connectivity index (χ2v) is 37.6. The molecule has 4 fully saturated rings. The smallest absolute Gasteiger partial charge is 0.350 e. The predicted molar refractivity (Wildman–Crippen MR) is 434 cm³/mol. The molecule has 0 unspecified atom stereocenters. The first-order chi connectivity index (χ1) is 56.2. The number of Topliss-reactive ketones (excluding diaryl/α,β-unsaturated/α-hetero) is 4. The summed E-state index contributed by atoms with van der Waals surface area (Å²) in [6.07, 6.45) is 2.50. The number of sulfonamides is 1. The van der Waals surface area contributed by atoms with Crippen LogP contribution in [0.4, 0.5) is 20.5 Å². The molecule has 51 nitrogen and oxygen atoms in total. The number of hydroxylamine groups is 4. The number of nitrogen functional groups attached to an aromatic ring is 4. The van der Waals surface area contributed by atoms with Crippen molar-refractivity contribution in [2.24, 2.45) is 44.3 Å². The highest BCUT2D eigenvalue weighted by atomic mass is 32.2. The number of carbonyl (C=O) groups is 10. The molecular weight excluding hydrogens is 1820 g/mol. The molecule has 4 saturated heterocycles. The van der Waals surface area contributed by atoms with Crippen LogP contribution in [0.15, 0.2) is 76.3 Å². The zero-order valence-electron chi connectivity index (χ0n) is 65.1. The van der Waals surface area contributed by atoms with Crippen LogP contribution in [0.5, 0.6) is 11.5 Å². The molecule has 0 radical (unpaired) electrons. The first kappa shape index (κ1) is 102. The number of oxime groups is 4. The summed E-state index contributed by atoms with van der Waals surface area (Å²) >= 11 is 4.11. The third kappa shape index (κ3) is 25.1. The zero-order valence-corrected chi connectivity index (χ0v) is 71.6. The summed E-state index contributed by atoms with van der Waals surface area (Å²) in [6.45, 7) is 9.77. The number of carbonyl (C=O) groups excluding carboxylic acids is 8. The van der Waals surface area contributed by atoms with Gasteiger partial charge in [0.05, 0.1) is 78.0 Å². The van der Waals surface area contributed by atoms with Crippen molar-refractivity contribution in [3.8, 4) is 11.5 Å². The number of aromatic hydroxyl groups is 2. The van der Waals surface area contributed by atoms with E-state index in [-0.39, 0.29) is 116 Å². The quantitative estimate of drug-likeness (QED) is 0.00823. The van der Waals surface area contributed by atoms with Crippen LogP contribution in [-0.2, 0) is 130 Å². The number of hydrogen-bond donors (Lipinski definition) is 10. The number of rotatable bonds is 34. The van der Waals surface area contributed by atoms with Crippen molar-refractivity contribution >= 4 is 188 Å². The third-order valence-electron chi connectivity index (χ3n) is 17.6. The SMILES string of the molecule is C.C.CC1(C)[C@H](CC(=O)/C(=N\OCC(=O)O)c2csc(N)n2)C(=O)N1OS(C)(=O)=O.CC1(C)[C@H](CC(=O)/C(=N\OCc2cc(=O)c(O)cn2O)c2csc(N)n2)C(=O)N1OS(C)(=O)=O.C[C@H]1[C@H](CC(=O)/C(=N\OC(C)(C)C(=O)O)c2csc(N)n2)C(=O)N1S(C)(=O)=O.C[C@H]1[C@H](CC(=O)/C(=N\OCc2cc(=O)c(O)cn2O)c2csc(N)n2)C(=O)N1S(=O)(=O)[O-]. The Labute approximate surface area is 719 Å². The number of ketones is 4. The number of anilines is 4. The molecule has 4 aliphatic rings. The van der Waals surface area contributed by atoms with Crippen molar-refractivity contribution in [1.82, 2.24) is 48.1 Å². The average Bonchev–Trinajstić information content (AvgIpc) is 1.09. The number of carboxylic acid groups (broad SMARTS) is 2. The number of amides is 4. The molecule has 6 atom stereocenters. The van der Waals surface area contributed by atoms with Crippen LogP contribution < -0.4 is 33.8 Å². The highest BCUT2D eigenvalue weighted by Crippen LogP contribution is 2.43. The molecule has 0 saturated carbocycles. The molecule has 0 spiro atoms. The van der Waals surface area contributed by atoms with Gasteiger partial charge in [-0.25, -0.2) is 55.0 Å². The highest BCUT2D eigenvalue weighted by Gasteiger charge is 2.59. The maximum Gasteiger partial charge on any atom is 0.350 e. The van der Waals surface area contributed by atoms with Crippen molar-refractivity contribution in [2.45, 2.75) is 138 Å². The van der Waals surface area contributed by atoms with Crippen molar-refractivity contribution in [3.05, 3.63) is 101 Å². The molecular formula is C65H83N18O33S8-. The van der Waals surface area contributed by atoms with Crippen molar-refractivity contribution in [2.75, 3.05) is 48.3 Å². The number of β-lactam (4-membered cyclic amide) rings is 4. The standard InChI is InChI=1S/C18H21N5O9S2.C16H17N5O9S2.C15H20N4O7S2.C14H18N4O8S2.2CH4/c1-18(2)10(16(27)23(18)32-34(3,29)30)5-13(25)15(11-8-33-17(19)20-11)21-31-7-9-4-12(24)14(26)6-22(9)28;1-7-9(15(25)21(7)32(27,28)29)3-12(23)14(10-6-31-16(17)18-10)19-30-5-8-2-11(22)13(24)4-20(8)26;1-7-8(12(21)19(7)28(4,24)25)5-10(20)11(9-6-27-14(16)17-9)18-26-15(2,3)13(22)23;1-14(2)7(12(22)18(14)26-28(3,23)24)4-9(19)11(17-25-5-10(20)21)8-6-27-13(15)16-8;;/h4,6,8,10,26,28H,5,7H2,1-3H3,(H2,19,20);2,4,6-7,9,24,26H,3,5H2,1H3,(H2,17,18)(H,27,28,29);6-8H,5H2,1-4H3,(H2,16,17)(H,22,23);6-7H,4-5H2,1-3H3,(H2,15,16)(H,20,21);2*1H4/p-1/b21-15-;19-14-;18-11-;17-11-;;/t10-;7-,9-;7-,8-;7-;;/m1001../s1. The molecule has 10 heterocycles. The van der Waals surface area contributed by atoms with Crippen LogP contribution in [0, 0.1) is 23.7 Å². The van der Waals surface area contributed by atoms with E-state index in [1.807, 2.05) is 0 Å². The van der Waals surface area contributed by atoms with Gasteiger partial charge in [0.1, 0.15) is 34.2 Å². The molecule has 59 heteroatoms. The third-order valence-corrected chi connectivity index (χ3v) is 23.3. The highest BCUT2D eigenvalue weighted by molar-refractivity contribution is 7.89. The zero-order chi connectivity index (χ0) is 91.9. The van der Waals surface area contributed by atoms with E-state index in [1.54, 1.807) is 0 Å². The molecule has 4 amide bonds. The number of thiazole rings is 4. The number of pyridine rings is 2. The topological polar surface area (TPSA) is 769 Å². The van der Waals surface area contributed by atoms with Gasteiger partial charge in [-0.15, -0.1) is 53.9 Å². The Kier molecular flexibility index (Phi) is 33.1. The van der Waals surface area contributed by atoms with Gasteiger partial charge in [-0.1, -0.05) is 35.5 Å². The summed E-state index contributed by atoms with van der Waals surface area (Å²) in [5, 5.41) is 78.1. The van der Waals surface area contributed by atoms with E-state index in [0.29, 0.717) is 23.9 Å². The number of carboxylic acids is 2. The monoisotopic (exact) mass is 1900 g/mol. The van der Waals surface area contributed by atoms with E-state index in [9.17, 15) is 116 Å². The molecule has 680 valence electrons. The first-order valence-electron chi connectivity index (χ1n) is 34.0. The van der Waals surface area contributed by atoms with E-state index in [4.69, 9.17) is 51.9 Å². The number of nitrogens with zero attached hydrogens (tertiary/aromatic N) is 14. The van der Waals surface area contributed by atoms with Crippen LogP contribution in [-0.4, -0.2) is 253 Å². The minimum atomic E-state index is -4.99. The van der Waals surface area contributed by atoms with Crippen LogP contribution >= 0.6 is 45.3 Å². The summed E-state index contributed by atoms with van der Waals surface area (Å²) in [4.78, 5) is 181. The van der Waals surface area contributed by atoms with Crippen LogP contribution in [0.2, 0.25) is 0 Å².